The molecular weight excluding hydrogens is 795 g/mol. The number of rotatable bonds is 3. The lowest BCUT2D eigenvalue weighted by Crippen LogP contribution is -1.99. The van der Waals surface area contributed by atoms with Crippen LogP contribution >= 0.6 is 11.3 Å². The average Bonchev–Trinajstić information content (AvgIpc) is 3.89. The first-order valence-electron chi connectivity index (χ1n) is 21.9. The lowest BCUT2D eigenvalue weighted by molar-refractivity contribution is 1.15. The van der Waals surface area contributed by atoms with Crippen LogP contribution in [0.15, 0.2) is 224 Å². The van der Waals surface area contributed by atoms with Gasteiger partial charge in [-0.05, 0) is 129 Å². The summed E-state index contributed by atoms with van der Waals surface area (Å²) in [5, 5.41) is 14.7. The summed E-state index contributed by atoms with van der Waals surface area (Å²) in [7, 11) is 0. The highest BCUT2D eigenvalue weighted by Crippen LogP contribution is 2.39. The van der Waals surface area contributed by atoms with Gasteiger partial charge in [-0.2, -0.15) is 0 Å². The van der Waals surface area contributed by atoms with Gasteiger partial charge in [0.2, 0.25) is 0 Å². The molecule has 298 valence electrons. The quantitative estimate of drug-likeness (QED) is 0.158. The van der Waals surface area contributed by atoms with Crippen molar-refractivity contribution < 1.29 is 0 Å². The minimum absolute atomic E-state index is 1.10. The molecule has 3 nitrogen and oxygen atoms in total. The fraction of sp³-hybridized carbons (Fsp3) is 0. The molecule has 0 spiro atoms. The maximum Gasteiger partial charge on any atom is 0.0562 e. The van der Waals surface area contributed by atoms with E-state index < -0.39 is 0 Å². The number of aromatic nitrogens is 3. The zero-order valence-electron chi connectivity index (χ0n) is 34.6. The van der Waals surface area contributed by atoms with E-state index in [-0.39, 0.29) is 0 Å². The molecule has 0 fully saturated rings. The highest BCUT2D eigenvalue weighted by Gasteiger charge is 2.16. The maximum atomic E-state index is 2.46. The molecular formula is C60H37N3S. The number of nitrogens with zero attached hydrogens (tertiary/aromatic N) is 3. The van der Waals surface area contributed by atoms with Crippen LogP contribution in [-0.2, 0) is 0 Å². The highest BCUT2D eigenvalue weighted by atomic mass is 32.1. The number of hydrogen-bond donors (Lipinski definition) is 0. The molecule has 4 heteroatoms. The summed E-state index contributed by atoms with van der Waals surface area (Å²) < 4.78 is 9.93. The van der Waals surface area contributed by atoms with Crippen molar-refractivity contribution in [2.75, 3.05) is 0 Å². The number of thiophene rings is 1. The third kappa shape index (κ3) is 5.33. The summed E-state index contributed by atoms with van der Waals surface area (Å²) in [6.45, 7) is 0. The van der Waals surface area contributed by atoms with E-state index in [0.717, 1.165) is 44.2 Å². The maximum absolute atomic E-state index is 2.46. The van der Waals surface area contributed by atoms with Crippen molar-refractivity contribution in [1.29, 1.82) is 0 Å². The van der Waals surface area contributed by atoms with Crippen molar-refractivity contribution in [2.24, 2.45) is 0 Å². The molecule has 0 radical (unpaired) electrons. The summed E-state index contributed by atoms with van der Waals surface area (Å²) in [5.41, 5.74) is 10.2. The molecule has 8 bridgehead atoms. The summed E-state index contributed by atoms with van der Waals surface area (Å²) in [6, 6.07) is 83.4. The minimum Gasteiger partial charge on any atom is -0.310 e. The highest BCUT2D eigenvalue weighted by molar-refractivity contribution is 7.25. The largest absolute Gasteiger partial charge is 0.310 e. The Kier molecular flexibility index (Phi) is 7.56. The number of para-hydroxylation sites is 1. The summed E-state index contributed by atoms with van der Waals surface area (Å²) >= 11 is 1.86. The van der Waals surface area contributed by atoms with E-state index in [1.807, 2.05) is 11.3 Å². The monoisotopic (exact) mass is 831 g/mol. The number of benzene rings is 11. The van der Waals surface area contributed by atoms with Crippen molar-refractivity contribution in [3.8, 4) is 17.1 Å². The van der Waals surface area contributed by atoms with Crippen molar-refractivity contribution in [2.45, 2.75) is 0 Å². The van der Waals surface area contributed by atoms with Crippen LogP contribution in [0.5, 0.6) is 0 Å². The molecule has 11 aromatic carbocycles. The molecule has 14 aromatic rings. The second-order valence-electron chi connectivity index (χ2n) is 17.0. The van der Waals surface area contributed by atoms with Gasteiger partial charge in [0.15, 0.2) is 0 Å². The molecule has 0 aliphatic heterocycles. The van der Waals surface area contributed by atoms with Gasteiger partial charge in [0.1, 0.15) is 0 Å². The van der Waals surface area contributed by atoms with Crippen LogP contribution in [-0.4, -0.2) is 13.7 Å². The Morgan fingerprint density at radius 2 is 0.750 bits per heavy atom. The van der Waals surface area contributed by atoms with Crippen LogP contribution in [0.25, 0.3) is 124 Å². The van der Waals surface area contributed by atoms with E-state index in [1.54, 1.807) is 0 Å². The Bertz CT molecular complexity index is 4320. The van der Waals surface area contributed by atoms with Gasteiger partial charge in [0, 0.05) is 69.8 Å². The van der Waals surface area contributed by atoms with Gasteiger partial charge >= 0.3 is 0 Å². The van der Waals surface area contributed by atoms with E-state index >= 15 is 0 Å². The SMILES string of the molecule is c1ccc2c(-n3c4ccccc4c4ccc(-n5c6cccc(c6)c6cccc(c6)n(-c6ccc7c(c6)sc6ccccc67)c6ccc7ccc8ccc5cc8c7c6)cc43)cccc2c1. The Labute approximate surface area is 371 Å². The molecule has 0 aliphatic rings. The van der Waals surface area contributed by atoms with Crippen LogP contribution in [0.2, 0.25) is 0 Å². The van der Waals surface area contributed by atoms with Crippen LogP contribution in [0.1, 0.15) is 0 Å². The fourth-order valence-corrected chi connectivity index (χ4v) is 11.6. The second kappa shape index (κ2) is 13.7. The Hall–Kier alpha value is -8.18. The van der Waals surface area contributed by atoms with Crippen molar-refractivity contribution in [1.82, 2.24) is 13.7 Å². The van der Waals surface area contributed by atoms with E-state index in [1.165, 1.54) is 80.0 Å². The summed E-state index contributed by atoms with van der Waals surface area (Å²) in [4.78, 5) is 0. The summed E-state index contributed by atoms with van der Waals surface area (Å²) in [6.07, 6.45) is 0. The second-order valence-corrected chi connectivity index (χ2v) is 18.1. The fourth-order valence-electron chi connectivity index (χ4n) is 10.5. The van der Waals surface area contributed by atoms with E-state index in [4.69, 9.17) is 0 Å². The molecule has 0 saturated heterocycles. The molecule has 0 atom stereocenters. The van der Waals surface area contributed by atoms with Gasteiger partial charge in [-0.15, -0.1) is 11.3 Å². The smallest absolute Gasteiger partial charge is 0.0562 e. The van der Waals surface area contributed by atoms with Crippen LogP contribution in [0.3, 0.4) is 0 Å². The lowest BCUT2D eigenvalue weighted by atomic mass is 10.0. The molecule has 64 heavy (non-hydrogen) atoms. The number of fused-ring (bicyclic) bond motifs is 14. The lowest BCUT2D eigenvalue weighted by Gasteiger charge is -2.16. The van der Waals surface area contributed by atoms with E-state index in [2.05, 4.69) is 238 Å². The third-order valence-corrected chi connectivity index (χ3v) is 14.5. The minimum atomic E-state index is 1.10. The Balaban J connectivity index is 1.09. The molecule has 14 rings (SSSR count). The van der Waals surface area contributed by atoms with Gasteiger partial charge in [0.25, 0.3) is 0 Å². The first kappa shape index (κ1) is 35.4. The molecule has 0 saturated carbocycles. The van der Waals surface area contributed by atoms with Gasteiger partial charge < -0.3 is 13.7 Å². The van der Waals surface area contributed by atoms with E-state index in [9.17, 15) is 0 Å². The van der Waals surface area contributed by atoms with Crippen molar-refractivity contribution >= 4 is 118 Å². The topological polar surface area (TPSA) is 14.8 Å². The molecule has 0 N–H and O–H groups in total. The van der Waals surface area contributed by atoms with Gasteiger partial charge in [-0.1, -0.05) is 133 Å². The molecule has 3 aromatic heterocycles. The first-order valence-corrected chi connectivity index (χ1v) is 22.7. The van der Waals surface area contributed by atoms with Crippen LogP contribution in [0, 0.1) is 0 Å². The Morgan fingerprint density at radius 1 is 0.250 bits per heavy atom. The van der Waals surface area contributed by atoms with Crippen molar-refractivity contribution in [3.63, 3.8) is 0 Å². The molecule has 0 unspecified atom stereocenters. The first-order chi connectivity index (χ1) is 31.7. The predicted octanol–water partition coefficient (Wildman–Crippen LogP) is 16.8. The standard InChI is InChI=1S/C60H37N3S/c1-2-16-49-38(10-1)11-9-20-56(49)63-57-19-5-3-17-50(57)51-30-28-47(36-58(51)63)61-43-14-7-12-41(32-43)42-13-8-15-44(33-42)62(48-29-31-53-52-18-4-6-21-59(52)64-60(53)37-48)46-27-25-40-23-22-39-24-26-45(61)34-54(39)55(40)35-46/h1-37H. The third-order valence-electron chi connectivity index (χ3n) is 13.4. The zero-order valence-corrected chi connectivity index (χ0v) is 35.4. The predicted molar refractivity (Wildman–Crippen MR) is 275 cm³/mol. The van der Waals surface area contributed by atoms with Crippen LogP contribution < -0.4 is 0 Å². The molecule has 3 heterocycles. The van der Waals surface area contributed by atoms with Crippen molar-refractivity contribution in [3.05, 3.63) is 224 Å². The van der Waals surface area contributed by atoms with Crippen LogP contribution in [0.4, 0.5) is 0 Å². The van der Waals surface area contributed by atoms with Gasteiger partial charge in [-0.25, -0.2) is 0 Å². The molecule has 0 aliphatic carbocycles. The number of hydrogen-bond acceptors (Lipinski definition) is 1. The normalized spacial score (nSPS) is 12.1. The van der Waals surface area contributed by atoms with Gasteiger partial charge in [-0.3, -0.25) is 0 Å². The Morgan fingerprint density at radius 3 is 1.48 bits per heavy atom. The zero-order chi connectivity index (χ0) is 41.9. The molecule has 0 amide bonds. The van der Waals surface area contributed by atoms with Gasteiger partial charge in [0.05, 0.1) is 16.7 Å². The van der Waals surface area contributed by atoms with E-state index in [0.29, 0.717) is 0 Å². The summed E-state index contributed by atoms with van der Waals surface area (Å²) in [5.74, 6) is 0. The average molecular weight is 832 g/mol.